The van der Waals surface area contributed by atoms with E-state index in [0.29, 0.717) is 29.2 Å². The molecule has 1 aromatic carbocycles. The Hall–Kier alpha value is -1.50. The first-order valence-corrected chi connectivity index (χ1v) is 10.5. The average Bonchev–Trinajstić information content (AvgIpc) is 3.01. The predicted octanol–water partition coefficient (Wildman–Crippen LogP) is 2.84. The zero-order valence-corrected chi connectivity index (χ0v) is 17.7. The molecule has 7 heteroatoms. The number of aliphatic hydroxyl groups is 1. The molecule has 28 heavy (non-hydrogen) atoms. The molecule has 1 saturated carbocycles. The number of likely N-dealkylation sites (tertiary alicyclic amines) is 1. The monoisotopic (exact) mass is 410 g/mol. The number of halogens is 1. The van der Waals surface area contributed by atoms with Gasteiger partial charge in [0.05, 0.1) is 25.9 Å². The summed E-state index contributed by atoms with van der Waals surface area (Å²) in [5.74, 6) is 2.26. The molecule has 4 atom stereocenters. The van der Waals surface area contributed by atoms with Crippen LogP contribution in [-0.4, -0.2) is 54.9 Å². The Bertz CT molecular complexity index is 699. The minimum Gasteiger partial charge on any atom is -0.493 e. The first-order chi connectivity index (χ1) is 13.4. The standard InChI is InChI=1S/C21H31ClN2O4/c1-4-5-28-21-16(6-17(22)9-20(21)27-3)12-24-10-14-7-18(23-13(2)25)19(26)8-15(14)11-24/h6,9,14-15,18-19,26H,4-5,7-8,10-12H2,1-3H3,(H,23,25)/t14-,15+,18-,19-/m1/s1. The van der Waals surface area contributed by atoms with Gasteiger partial charge in [-0.25, -0.2) is 0 Å². The van der Waals surface area contributed by atoms with Gasteiger partial charge in [-0.1, -0.05) is 18.5 Å². The third kappa shape index (κ3) is 4.91. The van der Waals surface area contributed by atoms with Gasteiger partial charge in [0.2, 0.25) is 5.91 Å². The van der Waals surface area contributed by atoms with Crippen LogP contribution in [0.4, 0.5) is 0 Å². The number of hydrogen-bond donors (Lipinski definition) is 2. The van der Waals surface area contributed by atoms with E-state index >= 15 is 0 Å². The molecule has 0 bridgehead atoms. The Kier molecular flexibility index (Phi) is 7.07. The number of carbonyl (C=O) groups excluding carboxylic acids is 1. The highest BCUT2D eigenvalue weighted by atomic mass is 35.5. The molecule has 3 rings (SSSR count). The number of carbonyl (C=O) groups is 1. The molecule has 2 fully saturated rings. The van der Waals surface area contributed by atoms with E-state index in [2.05, 4.69) is 17.1 Å². The van der Waals surface area contributed by atoms with Gasteiger partial charge in [-0.3, -0.25) is 9.69 Å². The maximum absolute atomic E-state index is 11.4. The second-order valence-electron chi connectivity index (χ2n) is 8.00. The van der Waals surface area contributed by atoms with Crippen molar-refractivity contribution < 1.29 is 19.4 Å². The number of ether oxygens (including phenoxy) is 2. The molecule has 2 aliphatic rings. The molecule has 156 valence electrons. The van der Waals surface area contributed by atoms with E-state index in [0.717, 1.165) is 50.2 Å². The van der Waals surface area contributed by atoms with Crippen molar-refractivity contribution in [1.29, 1.82) is 0 Å². The van der Waals surface area contributed by atoms with Crippen LogP contribution in [0, 0.1) is 11.8 Å². The largest absolute Gasteiger partial charge is 0.493 e. The summed E-state index contributed by atoms with van der Waals surface area (Å²) in [6.07, 6.45) is 1.99. The fourth-order valence-corrected chi connectivity index (χ4v) is 4.80. The summed E-state index contributed by atoms with van der Waals surface area (Å²) < 4.78 is 11.5. The quantitative estimate of drug-likeness (QED) is 0.723. The van der Waals surface area contributed by atoms with Crippen LogP contribution in [-0.2, 0) is 11.3 Å². The number of benzene rings is 1. The van der Waals surface area contributed by atoms with Crippen LogP contribution in [0.15, 0.2) is 12.1 Å². The fraction of sp³-hybridized carbons (Fsp3) is 0.667. The molecule has 0 radical (unpaired) electrons. The lowest BCUT2D eigenvalue weighted by molar-refractivity contribution is -0.121. The third-order valence-electron chi connectivity index (χ3n) is 5.77. The molecule has 1 amide bonds. The van der Waals surface area contributed by atoms with E-state index in [1.54, 1.807) is 13.2 Å². The topological polar surface area (TPSA) is 71.0 Å². The fourth-order valence-electron chi connectivity index (χ4n) is 4.57. The predicted molar refractivity (Wildman–Crippen MR) is 109 cm³/mol. The number of nitrogens with one attached hydrogen (secondary N) is 1. The minimum absolute atomic E-state index is 0.0823. The van der Waals surface area contributed by atoms with Gasteiger partial charge in [-0.05, 0) is 37.2 Å². The van der Waals surface area contributed by atoms with Crippen molar-refractivity contribution in [1.82, 2.24) is 10.2 Å². The highest BCUT2D eigenvalue weighted by Gasteiger charge is 2.42. The highest BCUT2D eigenvalue weighted by molar-refractivity contribution is 6.30. The SMILES string of the molecule is CCCOc1c(CN2C[C@H]3C[C@@H](NC(C)=O)[C@H](O)C[C@H]3C2)cc(Cl)cc1OC. The zero-order chi connectivity index (χ0) is 20.3. The van der Waals surface area contributed by atoms with Crippen molar-refractivity contribution in [3.05, 3.63) is 22.7 Å². The van der Waals surface area contributed by atoms with Crippen molar-refractivity contribution in [2.45, 2.75) is 51.8 Å². The molecular weight excluding hydrogens is 380 g/mol. The van der Waals surface area contributed by atoms with Gasteiger partial charge in [0, 0.05) is 43.2 Å². The van der Waals surface area contributed by atoms with Crippen LogP contribution in [0.5, 0.6) is 11.5 Å². The lowest BCUT2D eigenvalue weighted by Crippen LogP contribution is -2.48. The number of rotatable bonds is 7. The minimum atomic E-state index is -0.472. The molecule has 2 N–H and O–H groups in total. The summed E-state index contributed by atoms with van der Waals surface area (Å²) >= 11 is 6.30. The van der Waals surface area contributed by atoms with Crippen molar-refractivity contribution in [2.75, 3.05) is 26.8 Å². The summed E-state index contributed by atoms with van der Waals surface area (Å²) in [5.41, 5.74) is 1.02. The molecular formula is C21H31ClN2O4. The number of nitrogens with zero attached hydrogens (tertiary/aromatic N) is 1. The summed E-state index contributed by atoms with van der Waals surface area (Å²) in [6, 6.07) is 3.59. The Balaban J connectivity index is 1.71. The van der Waals surface area contributed by atoms with Gasteiger partial charge in [-0.15, -0.1) is 0 Å². The normalized spacial score (nSPS) is 27.3. The first-order valence-electron chi connectivity index (χ1n) is 10.1. The summed E-state index contributed by atoms with van der Waals surface area (Å²) in [6.45, 7) is 6.80. The summed E-state index contributed by atoms with van der Waals surface area (Å²) in [7, 11) is 1.63. The molecule has 1 heterocycles. The molecule has 1 saturated heterocycles. The van der Waals surface area contributed by atoms with Crippen molar-refractivity contribution >= 4 is 17.5 Å². The van der Waals surface area contributed by atoms with E-state index < -0.39 is 6.10 Å². The van der Waals surface area contributed by atoms with E-state index in [4.69, 9.17) is 21.1 Å². The van der Waals surface area contributed by atoms with Gasteiger partial charge >= 0.3 is 0 Å². The number of fused-ring (bicyclic) bond motifs is 1. The lowest BCUT2D eigenvalue weighted by Gasteiger charge is -2.35. The van der Waals surface area contributed by atoms with Gasteiger partial charge in [0.1, 0.15) is 0 Å². The van der Waals surface area contributed by atoms with Gasteiger partial charge in [0.15, 0.2) is 11.5 Å². The molecule has 0 spiro atoms. The maximum Gasteiger partial charge on any atom is 0.217 e. The number of aliphatic hydroxyl groups excluding tert-OH is 1. The molecule has 1 aliphatic heterocycles. The zero-order valence-electron chi connectivity index (χ0n) is 16.9. The van der Waals surface area contributed by atoms with Crippen molar-refractivity contribution in [3.8, 4) is 11.5 Å². The van der Waals surface area contributed by atoms with E-state index in [9.17, 15) is 9.90 Å². The van der Waals surface area contributed by atoms with Crippen molar-refractivity contribution in [3.63, 3.8) is 0 Å². The van der Waals surface area contributed by atoms with Crippen LogP contribution in [0.25, 0.3) is 0 Å². The third-order valence-corrected chi connectivity index (χ3v) is 5.99. The molecule has 6 nitrogen and oxygen atoms in total. The highest BCUT2D eigenvalue weighted by Crippen LogP contribution is 2.40. The first kappa shape index (κ1) is 21.2. The van der Waals surface area contributed by atoms with Gasteiger partial charge < -0.3 is 19.9 Å². The van der Waals surface area contributed by atoms with E-state index in [1.807, 2.05) is 6.07 Å². The van der Waals surface area contributed by atoms with Crippen LogP contribution in [0.3, 0.4) is 0 Å². The van der Waals surface area contributed by atoms with Crippen LogP contribution >= 0.6 is 11.6 Å². The maximum atomic E-state index is 11.4. The Labute approximate surface area is 172 Å². The lowest BCUT2D eigenvalue weighted by atomic mass is 9.77. The Morgan fingerprint density at radius 3 is 2.68 bits per heavy atom. The van der Waals surface area contributed by atoms with Crippen LogP contribution < -0.4 is 14.8 Å². The number of amides is 1. The van der Waals surface area contributed by atoms with E-state index in [-0.39, 0.29) is 11.9 Å². The average molecular weight is 411 g/mol. The second kappa shape index (κ2) is 9.33. The van der Waals surface area contributed by atoms with E-state index in [1.165, 1.54) is 6.92 Å². The second-order valence-corrected chi connectivity index (χ2v) is 8.44. The molecule has 0 unspecified atom stereocenters. The molecule has 1 aromatic rings. The smallest absolute Gasteiger partial charge is 0.217 e. The molecule has 0 aromatic heterocycles. The van der Waals surface area contributed by atoms with Gasteiger partial charge in [0.25, 0.3) is 0 Å². The Morgan fingerprint density at radius 2 is 2.04 bits per heavy atom. The van der Waals surface area contributed by atoms with Crippen molar-refractivity contribution in [2.24, 2.45) is 11.8 Å². The van der Waals surface area contributed by atoms with Crippen LogP contribution in [0.1, 0.15) is 38.7 Å². The summed E-state index contributed by atoms with van der Waals surface area (Å²) in [4.78, 5) is 13.8. The van der Waals surface area contributed by atoms with Gasteiger partial charge in [-0.2, -0.15) is 0 Å². The Morgan fingerprint density at radius 1 is 1.32 bits per heavy atom. The summed E-state index contributed by atoms with van der Waals surface area (Å²) in [5, 5.41) is 13.9. The number of hydrogen-bond acceptors (Lipinski definition) is 5. The number of methoxy groups -OCH3 is 1. The molecule has 1 aliphatic carbocycles. The van der Waals surface area contributed by atoms with Crippen LogP contribution in [0.2, 0.25) is 5.02 Å².